The minimum absolute atomic E-state index is 0.0152. The number of thioether (sulfide) groups is 1. The first-order valence-electron chi connectivity index (χ1n) is 6.87. The summed E-state index contributed by atoms with van der Waals surface area (Å²) in [6.07, 6.45) is 2.95. The van der Waals surface area contributed by atoms with Crippen molar-refractivity contribution in [2.24, 2.45) is 11.7 Å². The van der Waals surface area contributed by atoms with Gasteiger partial charge >= 0.3 is 5.97 Å². The van der Waals surface area contributed by atoms with Crippen LogP contribution in [-0.4, -0.2) is 53.5 Å². The monoisotopic (exact) mass is 319 g/mol. The van der Waals surface area contributed by atoms with Crippen molar-refractivity contribution in [3.63, 3.8) is 0 Å². The Kier molecular flexibility index (Phi) is 9.81. The van der Waals surface area contributed by atoms with E-state index in [0.29, 0.717) is 12.2 Å². The van der Waals surface area contributed by atoms with Gasteiger partial charge in [-0.1, -0.05) is 20.3 Å². The molecular formula is C13H25N3O4S. The zero-order valence-corrected chi connectivity index (χ0v) is 13.5. The Bertz CT molecular complexity index is 365. The molecule has 0 heterocycles. The summed E-state index contributed by atoms with van der Waals surface area (Å²) in [5, 5.41) is 13.8. The molecule has 0 radical (unpaired) electrons. The summed E-state index contributed by atoms with van der Waals surface area (Å²) in [7, 11) is 0. The Morgan fingerprint density at radius 3 is 2.43 bits per heavy atom. The third kappa shape index (κ3) is 7.91. The molecule has 0 aliphatic rings. The van der Waals surface area contributed by atoms with Crippen molar-refractivity contribution in [3.8, 4) is 0 Å². The predicted octanol–water partition coefficient (Wildman–Crippen LogP) is -0.201. The summed E-state index contributed by atoms with van der Waals surface area (Å²) in [4.78, 5) is 34.3. The molecule has 0 aromatic carbocycles. The SMILES string of the molecule is CCC(C)C(N)C(=O)NCC(=O)NC(CCSC)C(=O)O. The van der Waals surface area contributed by atoms with Gasteiger partial charge in [-0.2, -0.15) is 11.8 Å². The maximum Gasteiger partial charge on any atom is 0.326 e. The van der Waals surface area contributed by atoms with E-state index in [9.17, 15) is 14.4 Å². The average molecular weight is 319 g/mol. The number of nitrogens with two attached hydrogens (primary N) is 1. The molecule has 0 spiro atoms. The minimum Gasteiger partial charge on any atom is -0.480 e. The lowest BCUT2D eigenvalue weighted by atomic mass is 9.99. The van der Waals surface area contributed by atoms with Gasteiger partial charge < -0.3 is 21.5 Å². The van der Waals surface area contributed by atoms with E-state index in [4.69, 9.17) is 10.8 Å². The topological polar surface area (TPSA) is 122 Å². The first-order valence-corrected chi connectivity index (χ1v) is 8.27. The van der Waals surface area contributed by atoms with E-state index in [2.05, 4.69) is 10.6 Å². The molecule has 2 amide bonds. The first kappa shape index (κ1) is 19.7. The molecule has 3 atom stereocenters. The number of nitrogens with one attached hydrogen (secondary N) is 2. The highest BCUT2D eigenvalue weighted by Crippen LogP contribution is 2.05. The van der Waals surface area contributed by atoms with E-state index in [1.165, 1.54) is 11.8 Å². The molecule has 0 bridgehead atoms. The normalized spacial score (nSPS) is 14.9. The standard InChI is InChI=1S/C13H25N3O4S/c1-4-8(2)11(14)12(18)15-7-10(17)16-9(13(19)20)5-6-21-3/h8-9,11H,4-7,14H2,1-3H3,(H,15,18)(H,16,17)(H,19,20). The van der Waals surface area contributed by atoms with Crippen molar-refractivity contribution in [2.75, 3.05) is 18.6 Å². The number of hydrogen-bond acceptors (Lipinski definition) is 5. The maximum atomic E-state index is 11.7. The second kappa shape index (κ2) is 10.4. The lowest BCUT2D eigenvalue weighted by Crippen LogP contribution is -2.50. The Balaban J connectivity index is 4.24. The predicted molar refractivity (Wildman–Crippen MR) is 83.0 cm³/mol. The number of carboxylic acids is 1. The van der Waals surface area contributed by atoms with Gasteiger partial charge in [-0.05, 0) is 24.3 Å². The van der Waals surface area contributed by atoms with Crippen molar-refractivity contribution in [1.29, 1.82) is 0 Å². The fourth-order valence-electron chi connectivity index (χ4n) is 1.54. The number of carbonyl (C=O) groups excluding carboxylic acids is 2. The largest absolute Gasteiger partial charge is 0.480 e. The van der Waals surface area contributed by atoms with Crippen LogP contribution in [0.4, 0.5) is 0 Å². The summed E-state index contributed by atoms with van der Waals surface area (Å²) < 4.78 is 0. The van der Waals surface area contributed by atoms with Gasteiger partial charge in [0, 0.05) is 0 Å². The molecule has 0 fully saturated rings. The van der Waals surface area contributed by atoms with E-state index in [1.807, 2.05) is 20.1 Å². The van der Waals surface area contributed by atoms with Crippen molar-refractivity contribution < 1.29 is 19.5 Å². The van der Waals surface area contributed by atoms with Crippen LogP contribution in [0.3, 0.4) is 0 Å². The maximum absolute atomic E-state index is 11.7. The first-order chi connectivity index (χ1) is 9.83. The molecule has 0 aromatic heterocycles. The highest BCUT2D eigenvalue weighted by molar-refractivity contribution is 7.98. The average Bonchev–Trinajstić information content (AvgIpc) is 2.46. The molecule has 3 unspecified atom stereocenters. The summed E-state index contributed by atoms with van der Waals surface area (Å²) in [5.41, 5.74) is 5.73. The van der Waals surface area contributed by atoms with Crippen LogP contribution in [0.5, 0.6) is 0 Å². The number of rotatable bonds is 10. The zero-order valence-electron chi connectivity index (χ0n) is 12.7. The Hall–Kier alpha value is -1.28. The molecule has 0 rings (SSSR count). The van der Waals surface area contributed by atoms with Crippen LogP contribution >= 0.6 is 11.8 Å². The van der Waals surface area contributed by atoms with Crippen molar-refractivity contribution >= 4 is 29.5 Å². The van der Waals surface area contributed by atoms with Gasteiger partial charge in [0.15, 0.2) is 0 Å². The van der Waals surface area contributed by atoms with Gasteiger partial charge in [0.1, 0.15) is 6.04 Å². The molecule has 0 saturated heterocycles. The molecule has 21 heavy (non-hydrogen) atoms. The summed E-state index contributed by atoms with van der Waals surface area (Å²) in [6.45, 7) is 3.51. The zero-order chi connectivity index (χ0) is 16.4. The minimum atomic E-state index is -1.08. The molecular weight excluding hydrogens is 294 g/mol. The van der Waals surface area contributed by atoms with Gasteiger partial charge in [-0.25, -0.2) is 4.79 Å². The molecule has 0 saturated carbocycles. The Morgan fingerprint density at radius 2 is 1.95 bits per heavy atom. The summed E-state index contributed by atoms with van der Waals surface area (Å²) in [5.74, 6) is -1.38. The van der Waals surface area contributed by atoms with Crippen molar-refractivity contribution in [1.82, 2.24) is 10.6 Å². The van der Waals surface area contributed by atoms with Crippen LogP contribution < -0.4 is 16.4 Å². The van der Waals surface area contributed by atoms with Crippen LogP contribution in [0.1, 0.15) is 26.7 Å². The number of aliphatic carboxylic acids is 1. The number of carboxylic acid groups (broad SMARTS) is 1. The number of amides is 2. The number of carbonyl (C=O) groups is 3. The fourth-order valence-corrected chi connectivity index (χ4v) is 2.01. The van der Waals surface area contributed by atoms with Gasteiger partial charge in [0.25, 0.3) is 0 Å². The van der Waals surface area contributed by atoms with Crippen molar-refractivity contribution in [2.45, 2.75) is 38.8 Å². The van der Waals surface area contributed by atoms with Crippen molar-refractivity contribution in [3.05, 3.63) is 0 Å². The molecule has 0 aliphatic carbocycles. The fraction of sp³-hybridized carbons (Fsp3) is 0.769. The van der Waals surface area contributed by atoms with Gasteiger partial charge in [-0.3, -0.25) is 9.59 Å². The summed E-state index contributed by atoms with van der Waals surface area (Å²) >= 11 is 1.50. The van der Waals surface area contributed by atoms with Crippen LogP contribution in [0.25, 0.3) is 0 Å². The van der Waals surface area contributed by atoms with Crippen LogP contribution in [0.15, 0.2) is 0 Å². The quantitative estimate of drug-likeness (QED) is 0.442. The van der Waals surface area contributed by atoms with Gasteiger partial charge in [-0.15, -0.1) is 0 Å². The lowest BCUT2D eigenvalue weighted by molar-refractivity contribution is -0.141. The smallest absolute Gasteiger partial charge is 0.326 e. The second-order valence-electron chi connectivity index (χ2n) is 4.87. The van der Waals surface area contributed by atoms with Crippen LogP contribution in [-0.2, 0) is 14.4 Å². The highest BCUT2D eigenvalue weighted by atomic mass is 32.2. The Labute approximate surface area is 129 Å². The number of hydrogen-bond donors (Lipinski definition) is 4. The molecule has 122 valence electrons. The van der Waals surface area contributed by atoms with Crippen LogP contribution in [0, 0.1) is 5.92 Å². The molecule has 0 aliphatic heterocycles. The van der Waals surface area contributed by atoms with E-state index in [1.54, 1.807) is 0 Å². The highest BCUT2D eigenvalue weighted by Gasteiger charge is 2.22. The third-order valence-corrected chi connectivity index (χ3v) is 3.87. The molecule has 5 N–H and O–H groups in total. The molecule has 7 nitrogen and oxygen atoms in total. The molecule has 0 aromatic rings. The summed E-state index contributed by atoms with van der Waals surface area (Å²) in [6, 6.07) is -1.61. The second-order valence-corrected chi connectivity index (χ2v) is 5.85. The van der Waals surface area contributed by atoms with E-state index >= 15 is 0 Å². The molecule has 8 heteroatoms. The van der Waals surface area contributed by atoms with E-state index in [0.717, 1.165) is 6.42 Å². The van der Waals surface area contributed by atoms with E-state index < -0.39 is 29.9 Å². The lowest BCUT2D eigenvalue weighted by Gasteiger charge is -2.18. The van der Waals surface area contributed by atoms with Gasteiger partial charge in [0.2, 0.25) is 11.8 Å². The van der Waals surface area contributed by atoms with E-state index in [-0.39, 0.29) is 12.5 Å². The van der Waals surface area contributed by atoms with Gasteiger partial charge in [0.05, 0.1) is 12.6 Å². The Morgan fingerprint density at radius 1 is 1.33 bits per heavy atom. The van der Waals surface area contributed by atoms with Crippen LogP contribution in [0.2, 0.25) is 0 Å². The third-order valence-electron chi connectivity index (χ3n) is 3.23.